The molecule has 10 heteroatoms. The molecule has 1 aliphatic rings. The number of hydrogen-bond donors (Lipinski definition) is 2. The van der Waals surface area contributed by atoms with Crippen LogP contribution in [-0.4, -0.2) is 56.0 Å². The van der Waals surface area contributed by atoms with E-state index in [1.807, 2.05) is 16.4 Å². The quantitative estimate of drug-likeness (QED) is 0.481. The highest BCUT2D eigenvalue weighted by molar-refractivity contribution is 5.80. The molecule has 0 unspecified atom stereocenters. The van der Waals surface area contributed by atoms with Crippen LogP contribution in [0.5, 0.6) is 0 Å². The molecule has 2 aromatic heterocycles. The van der Waals surface area contributed by atoms with Crippen molar-refractivity contribution in [3.63, 3.8) is 0 Å². The van der Waals surface area contributed by atoms with Gasteiger partial charge in [-0.2, -0.15) is 0 Å². The molecule has 0 spiro atoms. The third kappa shape index (κ3) is 5.77. The Balaban J connectivity index is 1.81. The minimum absolute atomic E-state index is 0.0276. The van der Waals surface area contributed by atoms with Crippen molar-refractivity contribution in [1.29, 1.82) is 0 Å². The van der Waals surface area contributed by atoms with E-state index in [2.05, 4.69) is 17.2 Å². The Morgan fingerprint density at radius 1 is 1.03 bits per heavy atom. The molecule has 0 aliphatic carbocycles. The molecule has 2 N–H and O–H groups in total. The van der Waals surface area contributed by atoms with Crippen LogP contribution < -0.4 is 16.6 Å². The van der Waals surface area contributed by atoms with Crippen LogP contribution in [0.3, 0.4) is 0 Å². The number of amides is 2. The Morgan fingerprint density at radius 3 is 2.35 bits per heavy atom. The molecule has 34 heavy (non-hydrogen) atoms. The second-order valence-electron chi connectivity index (χ2n) is 9.09. The number of rotatable bonds is 11. The van der Waals surface area contributed by atoms with E-state index in [9.17, 15) is 19.2 Å². The summed E-state index contributed by atoms with van der Waals surface area (Å²) in [5, 5.41) is 2.69. The van der Waals surface area contributed by atoms with Gasteiger partial charge in [0.05, 0.1) is 0 Å². The summed E-state index contributed by atoms with van der Waals surface area (Å²) >= 11 is 0. The van der Waals surface area contributed by atoms with Crippen LogP contribution >= 0.6 is 0 Å². The topological polar surface area (TPSA) is 122 Å². The van der Waals surface area contributed by atoms with Crippen molar-refractivity contribution in [3.05, 3.63) is 26.7 Å². The van der Waals surface area contributed by atoms with E-state index in [1.165, 1.54) is 0 Å². The lowest BCUT2D eigenvalue weighted by atomic mass is 9.96. The predicted molar refractivity (Wildman–Crippen MR) is 131 cm³/mol. The lowest BCUT2D eigenvalue weighted by Crippen LogP contribution is -2.42. The molecule has 2 aromatic rings. The van der Waals surface area contributed by atoms with Gasteiger partial charge < -0.3 is 14.8 Å². The first-order valence-corrected chi connectivity index (χ1v) is 12.6. The zero-order chi connectivity index (χ0) is 24.7. The minimum atomic E-state index is -0.439. The Hall–Kier alpha value is -2.91. The summed E-state index contributed by atoms with van der Waals surface area (Å²) in [4.78, 5) is 59.0. The number of aryl methyl sites for hydroxylation is 3. The molecule has 1 fully saturated rings. The Bertz CT molecular complexity index is 1110. The number of aromatic amines is 1. The van der Waals surface area contributed by atoms with Crippen molar-refractivity contribution in [2.75, 3.05) is 20.1 Å². The van der Waals surface area contributed by atoms with Crippen LogP contribution in [-0.2, 0) is 29.1 Å². The number of aromatic nitrogens is 4. The largest absolute Gasteiger partial charge is 0.359 e. The molecule has 1 saturated heterocycles. The van der Waals surface area contributed by atoms with Gasteiger partial charge in [-0.05, 0) is 25.7 Å². The van der Waals surface area contributed by atoms with Gasteiger partial charge in [0, 0.05) is 52.0 Å². The van der Waals surface area contributed by atoms with E-state index in [0.29, 0.717) is 62.4 Å². The second-order valence-corrected chi connectivity index (χ2v) is 9.09. The van der Waals surface area contributed by atoms with Crippen molar-refractivity contribution in [1.82, 2.24) is 29.3 Å². The molecule has 3 heterocycles. The molecule has 3 rings (SSSR count). The van der Waals surface area contributed by atoms with Crippen LogP contribution in [0.1, 0.15) is 71.0 Å². The average Bonchev–Trinajstić information content (AvgIpc) is 3.20. The lowest BCUT2D eigenvalue weighted by Gasteiger charge is -2.31. The van der Waals surface area contributed by atoms with Gasteiger partial charge in [0.2, 0.25) is 11.8 Å². The molecule has 1 aliphatic heterocycles. The number of hydrogen-bond acceptors (Lipinski definition) is 5. The zero-order valence-electron chi connectivity index (χ0n) is 20.7. The van der Waals surface area contributed by atoms with Gasteiger partial charge in [-0.25, -0.2) is 9.78 Å². The third-order valence-corrected chi connectivity index (χ3v) is 6.71. The lowest BCUT2D eigenvalue weighted by molar-refractivity contribution is -0.135. The number of fused-ring (bicyclic) bond motifs is 1. The molecule has 2 amide bonds. The van der Waals surface area contributed by atoms with E-state index in [4.69, 9.17) is 4.98 Å². The second kappa shape index (κ2) is 12.0. The highest BCUT2D eigenvalue weighted by atomic mass is 16.2. The van der Waals surface area contributed by atoms with E-state index >= 15 is 0 Å². The third-order valence-electron chi connectivity index (χ3n) is 6.71. The molecule has 0 aromatic carbocycles. The summed E-state index contributed by atoms with van der Waals surface area (Å²) in [6, 6.07) is 0. The molecular weight excluding hydrogens is 436 g/mol. The fourth-order valence-corrected chi connectivity index (χ4v) is 4.66. The average molecular weight is 475 g/mol. The van der Waals surface area contributed by atoms with Gasteiger partial charge in [0.1, 0.15) is 5.82 Å². The first kappa shape index (κ1) is 25.7. The summed E-state index contributed by atoms with van der Waals surface area (Å²) in [7, 11) is 1.64. The maximum Gasteiger partial charge on any atom is 0.330 e. The Morgan fingerprint density at radius 2 is 1.71 bits per heavy atom. The van der Waals surface area contributed by atoms with Crippen LogP contribution in [0.15, 0.2) is 9.59 Å². The van der Waals surface area contributed by atoms with Crippen LogP contribution in [0.25, 0.3) is 11.2 Å². The van der Waals surface area contributed by atoms with E-state index in [1.54, 1.807) is 11.6 Å². The Kier molecular flexibility index (Phi) is 9.06. The Labute approximate surface area is 199 Å². The highest BCUT2D eigenvalue weighted by Crippen LogP contribution is 2.20. The SMILES string of the molecule is CCCCCn1c(CCC(=O)N2CCC(C(=O)NC)CC2)nc2c1c(=O)[nH]c(=O)n2CCCC. The first-order valence-electron chi connectivity index (χ1n) is 12.6. The maximum atomic E-state index is 12.9. The molecule has 188 valence electrons. The van der Waals surface area contributed by atoms with Gasteiger partial charge in [0.15, 0.2) is 11.2 Å². The summed E-state index contributed by atoms with van der Waals surface area (Å²) in [6.07, 6.45) is 6.69. The number of nitrogens with one attached hydrogen (secondary N) is 2. The number of unbranched alkanes of at least 4 members (excludes halogenated alkanes) is 3. The molecule has 0 atom stereocenters. The summed E-state index contributed by atoms with van der Waals surface area (Å²) in [6.45, 7) is 6.42. The zero-order valence-corrected chi connectivity index (χ0v) is 20.7. The van der Waals surface area contributed by atoms with Gasteiger partial charge in [-0.15, -0.1) is 0 Å². The fraction of sp³-hybridized carbons (Fsp3) is 0.708. The van der Waals surface area contributed by atoms with Gasteiger partial charge in [0.25, 0.3) is 5.56 Å². The molecule has 0 radical (unpaired) electrons. The number of carbonyl (C=O) groups is 2. The van der Waals surface area contributed by atoms with E-state index in [0.717, 1.165) is 32.1 Å². The van der Waals surface area contributed by atoms with Gasteiger partial charge in [-0.3, -0.25) is 23.9 Å². The van der Waals surface area contributed by atoms with Crippen LogP contribution in [0.2, 0.25) is 0 Å². The van der Waals surface area contributed by atoms with Gasteiger partial charge in [-0.1, -0.05) is 33.1 Å². The van der Waals surface area contributed by atoms with Gasteiger partial charge >= 0.3 is 5.69 Å². The molecule has 10 nitrogen and oxygen atoms in total. The predicted octanol–water partition coefficient (Wildman–Crippen LogP) is 1.79. The molecule has 0 saturated carbocycles. The van der Waals surface area contributed by atoms with Crippen molar-refractivity contribution < 1.29 is 9.59 Å². The number of imidazole rings is 1. The van der Waals surface area contributed by atoms with Crippen molar-refractivity contribution in [3.8, 4) is 0 Å². The minimum Gasteiger partial charge on any atom is -0.359 e. The van der Waals surface area contributed by atoms with Crippen LogP contribution in [0.4, 0.5) is 0 Å². The summed E-state index contributed by atoms with van der Waals surface area (Å²) in [5.74, 6) is 0.691. The summed E-state index contributed by atoms with van der Waals surface area (Å²) in [5.41, 5.74) is -0.0374. The molecular formula is C24H38N6O4. The summed E-state index contributed by atoms with van der Waals surface area (Å²) < 4.78 is 3.45. The molecule has 0 bridgehead atoms. The smallest absolute Gasteiger partial charge is 0.330 e. The van der Waals surface area contributed by atoms with E-state index < -0.39 is 11.2 Å². The fourth-order valence-electron chi connectivity index (χ4n) is 4.66. The van der Waals surface area contributed by atoms with Crippen molar-refractivity contribution >= 4 is 23.0 Å². The number of likely N-dealkylation sites (tertiary alicyclic amines) is 1. The van der Waals surface area contributed by atoms with E-state index in [-0.39, 0.29) is 24.2 Å². The number of nitrogens with zero attached hydrogens (tertiary/aromatic N) is 4. The normalized spacial score (nSPS) is 14.6. The number of carbonyl (C=O) groups excluding carboxylic acids is 2. The maximum absolute atomic E-state index is 12.9. The van der Waals surface area contributed by atoms with Crippen molar-refractivity contribution in [2.45, 2.75) is 84.7 Å². The monoisotopic (exact) mass is 474 g/mol. The standard InChI is InChI=1S/C24H38N6O4/c1-4-6-8-14-29-18(9-10-19(31)28-15-11-17(12-16-28)22(32)25-3)26-21-20(29)23(33)27-24(34)30(21)13-7-5-2/h17H,4-16H2,1-3H3,(H,25,32)(H,27,33,34). The highest BCUT2D eigenvalue weighted by Gasteiger charge is 2.27. The van der Waals surface area contributed by atoms with Crippen LogP contribution in [0, 0.1) is 5.92 Å². The van der Waals surface area contributed by atoms with Crippen molar-refractivity contribution in [2.24, 2.45) is 5.92 Å². The number of piperidine rings is 1. The number of H-pyrrole nitrogens is 1. The first-order chi connectivity index (χ1) is 16.4.